The fraction of sp³-hybridized carbons (Fsp3) is 0.217. The summed E-state index contributed by atoms with van der Waals surface area (Å²) >= 11 is 0. The Morgan fingerprint density at radius 1 is 1.06 bits per heavy atom. The summed E-state index contributed by atoms with van der Waals surface area (Å²) in [6.45, 7) is 1.89. The van der Waals surface area contributed by atoms with Gasteiger partial charge in [-0.05, 0) is 47.9 Å². The first-order valence-corrected chi connectivity index (χ1v) is 11.3. The summed E-state index contributed by atoms with van der Waals surface area (Å²) in [7, 11) is -4.26. The van der Waals surface area contributed by atoms with Gasteiger partial charge in [-0.25, -0.2) is 17.5 Å². The van der Waals surface area contributed by atoms with Gasteiger partial charge < -0.3 is 4.90 Å². The summed E-state index contributed by atoms with van der Waals surface area (Å²) in [5.74, 6) is -1.80. The van der Waals surface area contributed by atoms with Crippen molar-refractivity contribution in [2.75, 3.05) is 6.54 Å². The predicted molar refractivity (Wildman–Crippen MR) is 114 cm³/mol. The first-order chi connectivity index (χ1) is 14.7. The van der Waals surface area contributed by atoms with Crippen LogP contribution in [0.15, 0.2) is 71.6 Å². The highest BCUT2D eigenvalue weighted by Gasteiger charge is 2.50. The topological polar surface area (TPSA) is 83.6 Å². The van der Waals surface area contributed by atoms with Gasteiger partial charge in [0.25, 0.3) is 15.9 Å². The van der Waals surface area contributed by atoms with Crippen LogP contribution in [0, 0.1) is 5.82 Å². The zero-order valence-corrected chi connectivity index (χ0v) is 17.7. The van der Waals surface area contributed by atoms with Crippen molar-refractivity contribution in [3.05, 3.63) is 78.1 Å². The Labute approximate surface area is 179 Å². The number of hydrogen-bond acceptors (Lipinski definition) is 4. The van der Waals surface area contributed by atoms with E-state index in [0.29, 0.717) is 13.0 Å². The predicted octanol–water partition coefficient (Wildman–Crippen LogP) is 3.02. The molecule has 1 saturated heterocycles. The largest absolute Gasteiger partial charge is 0.328 e. The molecule has 4 rings (SSSR count). The van der Waals surface area contributed by atoms with Gasteiger partial charge in [0.15, 0.2) is 0 Å². The number of nitrogens with zero attached hydrogens (tertiary/aromatic N) is 1. The molecule has 6 nitrogen and oxygen atoms in total. The minimum atomic E-state index is -4.26. The van der Waals surface area contributed by atoms with Crippen LogP contribution in [0.4, 0.5) is 4.39 Å². The fourth-order valence-electron chi connectivity index (χ4n) is 3.83. The monoisotopic (exact) mass is 440 g/mol. The fourth-order valence-corrected chi connectivity index (χ4v) is 4.93. The second-order valence-electron chi connectivity index (χ2n) is 7.78. The highest BCUT2D eigenvalue weighted by atomic mass is 32.2. The molecular formula is C23H21FN2O4S. The molecule has 0 bridgehead atoms. The van der Waals surface area contributed by atoms with E-state index in [2.05, 4.69) is 0 Å². The molecule has 3 aromatic carbocycles. The number of benzene rings is 3. The Morgan fingerprint density at radius 2 is 1.77 bits per heavy atom. The lowest BCUT2D eigenvalue weighted by Gasteiger charge is -2.49. The Hall–Kier alpha value is -3.26. The summed E-state index contributed by atoms with van der Waals surface area (Å²) in [6.07, 6.45) is 0.430. The Bertz CT molecular complexity index is 1290. The maximum absolute atomic E-state index is 13.4. The minimum absolute atomic E-state index is 0.0981. The van der Waals surface area contributed by atoms with Crippen molar-refractivity contribution in [1.82, 2.24) is 9.62 Å². The van der Waals surface area contributed by atoms with Crippen molar-refractivity contribution in [2.45, 2.75) is 30.2 Å². The van der Waals surface area contributed by atoms with Crippen LogP contribution in [0.25, 0.3) is 10.8 Å². The molecule has 0 radical (unpaired) electrons. The van der Waals surface area contributed by atoms with Crippen molar-refractivity contribution < 1.29 is 22.4 Å². The minimum Gasteiger partial charge on any atom is -0.328 e. The molecule has 0 saturated carbocycles. The molecule has 0 aromatic heterocycles. The van der Waals surface area contributed by atoms with Gasteiger partial charge >= 0.3 is 0 Å². The quantitative estimate of drug-likeness (QED) is 0.661. The zero-order valence-electron chi connectivity index (χ0n) is 16.8. The standard InChI is InChI=1S/C23H21FN2O4S/c1-23(22(28)25-31(29,30)19-10-5-9-18(24)15-19)12-13-26(23)21(27)14-17-8-4-7-16-6-2-3-11-20(16)17/h2-11,15H,12-14H2,1H3,(H,25,28). The average molecular weight is 440 g/mol. The molecule has 0 spiro atoms. The third-order valence-electron chi connectivity index (χ3n) is 5.76. The highest BCUT2D eigenvalue weighted by molar-refractivity contribution is 7.90. The van der Waals surface area contributed by atoms with Crippen LogP contribution in [0.2, 0.25) is 0 Å². The third-order valence-corrected chi connectivity index (χ3v) is 7.09. The first kappa shape index (κ1) is 21.0. The highest BCUT2D eigenvalue weighted by Crippen LogP contribution is 2.32. The smallest absolute Gasteiger partial charge is 0.264 e. The van der Waals surface area contributed by atoms with E-state index in [4.69, 9.17) is 0 Å². The number of carbonyl (C=O) groups is 2. The van der Waals surface area contributed by atoms with Crippen LogP contribution in [-0.2, 0) is 26.0 Å². The van der Waals surface area contributed by atoms with Crippen molar-refractivity contribution >= 4 is 32.6 Å². The molecule has 0 aliphatic carbocycles. The summed E-state index contributed by atoms with van der Waals surface area (Å²) < 4.78 is 40.4. The average Bonchev–Trinajstić information content (AvgIpc) is 2.72. The van der Waals surface area contributed by atoms with Gasteiger partial charge in [0.1, 0.15) is 11.4 Å². The number of sulfonamides is 1. The number of carbonyl (C=O) groups excluding carboxylic acids is 2. The van der Waals surface area contributed by atoms with Gasteiger partial charge in [0.2, 0.25) is 5.91 Å². The molecular weight excluding hydrogens is 419 g/mol. The van der Waals surface area contributed by atoms with E-state index >= 15 is 0 Å². The number of hydrogen-bond donors (Lipinski definition) is 1. The number of rotatable bonds is 5. The van der Waals surface area contributed by atoms with Crippen LogP contribution >= 0.6 is 0 Å². The third kappa shape index (κ3) is 3.90. The lowest BCUT2D eigenvalue weighted by molar-refractivity contribution is -0.156. The SMILES string of the molecule is CC1(C(=O)NS(=O)(=O)c2cccc(F)c2)CCN1C(=O)Cc1cccc2ccccc12. The van der Waals surface area contributed by atoms with Gasteiger partial charge in [-0.15, -0.1) is 0 Å². The van der Waals surface area contributed by atoms with Crippen molar-refractivity contribution in [3.63, 3.8) is 0 Å². The van der Waals surface area contributed by atoms with Gasteiger partial charge in [0, 0.05) is 6.54 Å². The lowest BCUT2D eigenvalue weighted by atomic mass is 9.85. The summed E-state index contributed by atoms with van der Waals surface area (Å²) in [4.78, 5) is 26.9. The maximum Gasteiger partial charge on any atom is 0.264 e. The molecule has 1 unspecified atom stereocenters. The van der Waals surface area contributed by atoms with E-state index in [0.717, 1.165) is 28.5 Å². The van der Waals surface area contributed by atoms with Gasteiger partial charge in [-0.2, -0.15) is 0 Å². The molecule has 1 aliphatic rings. The van der Waals surface area contributed by atoms with Crippen molar-refractivity contribution in [3.8, 4) is 0 Å². The van der Waals surface area contributed by atoms with E-state index in [9.17, 15) is 22.4 Å². The molecule has 1 aliphatic heterocycles. The van der Waals surface area contributed by atoms with Crippen LogP contribution in [0.1, 0.15) is 18.9 Å². The number of fused-ring (bicyclic) bond motifs is 1. The van der Waals surface area contributed by atoms with Crippen molar-refractivity contribution in [1.29, 1.82) is 0 Å². The lowest BCUT2D eigenvalue weighted by Crippen LogP contribution is -2.68. The van der Waals surface area contributed by atoms with E-state index < -0.39 is 27.3 Å². The van der Waals surface area contributed by atoms with Crippen LogP contribution in [0.3, 0.4) is 0 Å². The van der Waals surface area contributed by atoms with Crippen LogP contribution < -0.4 is 4.72 Å². The Kier molecular flexibility index (Phi) is 5.26. The maximum atomic E-state index is 13.4. The van der Waals surface area contributed by atoms with E-state index in [1.807, 2.05) is 47.2 Å². The first-order valence-electron chi connectivity index (χ1n) is 9.81. The van der Waals surface area contributed by atoms with Gasteiger partial charge in [-0.3, -0.25) is 9.59 Å². The summed E-state index contributed by atoms with van der Waals surface area (Å²) in [5, 5.41) is 1.97. The second kappa shape index (κ2) is 7.77. The molecule has 8 heteroatoms. The molecule has 1 atom stereocenters. The van der Waals surface area contributed by atoms with Crippen LogP contribution in [0.5, 0.6) is 0 Å². The van der Waals surface area contributed by atoms with Gasteiger partial charge in [-0.1, -0.05) is 48.5 Å². The normalized spacial score (nSPS) is 18.5. The number of nitrogens with one attached hydrogen (secondary N) is 1. The van der Waals surface area contributed by atoms with Gasteiger partial charge in [0.05, 0.1) is 11.3 Å². The summed E-state index contributed by atoms with van der Waals surface area (Å²) in [5.41, 5.74) is -0.452. The number of likely N-dealkylation sites (tertiary alicyclic amines) is 1. The van der Waals surface area contributed by atoms with Crippen LogP contribution in [-0.4, -0.2) is 37.2 Å². The van der Waals surface area contributed by atoms with E-state index in [-0.39, 0.29) is 17.2 Å². The number of amides is 2. The van der Waals surface area contributed by atoms with Crippen molar-refractivity contribution in [2.24, 2.45) is 0 Å². The van der Waals surface area contributed by atoms with E-state index in [1.165, 1.54) is 24.0 Å². The molecule has 2 amide bonds. The molecule has 1 N–H and O–H groups in total. The molecule has 1 fully saturated rings. The Morgan fingerprint density at radius 3 is 2.48 bits per heavy atom. The number of halogens is 1. The van der Waals surface area contributed by atoms with E-state index in [1.54, 1.807) is 0 Å². The summed E-state index contributed by atoms with van der Waals surface area (Å²) in [6, 6.07) is 17.8. The Balaban J connectivity index is 1.52. The molecule has 160 valence electrons. The molecule has 31 heavy (non-hydrogen) atoms. The molecule has 1 heterocycles. The second-order valence-corrected chi connectivity index (χ2v) is 9.46. The zero-order chi connectivity index (χ0) is 22.2. The molecule has 3 aromatic rings.